The first-order valence-electron chi connectivity index (χ1n) is 13.3. The van der Waals surface area contributed by atoms with Crippen molar-refractivity contribution in [1.29, 1.82) is 0 Å². The molecule has 14 heteroatoms. The van der Waals surface area contributed by atoms with E-state index in [0.717, 1.165) is 12.8 Å². The largest absolute Gasteiger partial charge is 0.465 e. The van der Waals surface area contributed by atoms with Gasteiger partial charge in [-0.3, -0.25) is 4.79 Å². The third kappa shape index (κ3) is 6.35. The standard InChI is InChI=1S/C27H31ClF3N7O3/c1-3-40-24(39)19-14-26(15-33-19)7-10-37(11-8-26)21-13-22(35-25(32)34-21)41-23(27(29,30)31)18-5-4-17(28)12-20(18)38-9-6-16(2)36-38/h4-6,9,12-13,19,23,33H,3,7-8,10-11,14-15H2,1-2H3,(H2,32,34,35)/t19?,23-/m1/s1. The minimum atomic E-state index is -4.80. The molecule has 1 aromatic carbocycles. The average Bonchev–Trinajstić information content (AvgIpc) is 3.54. The zero-order valence-corrected chi connectivity index (χ0v) is 23.4. The van der Waals surface area contributed by atoms with Crippen molar-refractivity contribution in [1.82, 2.24) is 25.1 Å². The topological polar surface area (TPSA) is 120 Å². The van der Waals surface area contributed by atoms with Crippen LogP contribution in [0.4, 0.5) is 24.9 Å². The fourth-order valence-electron chi connectivity index (χ4n) is 5.48. The summed E-state index contributed by atoms with van der Waals surface area (Å²) in [5.74, 6) is -0.390. The number of anilines is 2. The van der Waals surface area contributed by atoms with Gasteiger partial charge in [0.2, 0.25) is 17.9 Å². The number of nitrogens with two attached hydrogens (primary N) is 1. The SMILES string of the molecule is CCOC(=O)C1CC2(CCN(c3cc(O[C@H](c4ccc(Cl)cc4-n4ccc(C)n4)C(F)(F)F)nc(N)n3)CC2)CN1. The van der Waals surface area contributed by atoms with E-state index in [2.05, 4.69) is 20.4 Å². The molecule has 41 heavy (non-hydrogen) atoms. The Morgan fingerprint density at radius 3 is 2.66 bits per heavy atom. The van der Waals surface area contributed by atoms with E-state index in [0.29, 0.717) is 44.2 Å². The number of nitrogens with zero attached hydrogens (tertiary/aromatic N) is 5. The number of ether oxygens (including phenoxy) is 2. The van der Waals surface area contributed by atoms with Crippen molar-refractivity contribution in [3.05, 3.63) is 52.8 Å². The molecular weight excluding hydrogens is 563 g/mol. The van der Waals surface area contributed by atoms with Crippen molar-refractivity contribution in [3.63, 3.8) is 0 Å². The molecule has 2 saturated heterocycles. The lowest BCUT2D eigenvalue weighted by molar-refractivity contribution is -0.198. The lowest BCUT2D eigenvalue weighted by Gasteiger charge is -2.39. The van der Waals surface area contributed by atoms with Gasteiger partial charge in [0.25, 0.3) is 0 Å². The number of carbonyl (C=O) groups is 1. The second kappa shape index (κ2) is 11.4. The van der Waals surface area contributed by atoms with Gasteiger partial charge >= 0.3 is 12.1 Å². The molecule has 3 aromatic rings. The summed E-state index contributed by atoms with van der Waals surface area (Å²) < 4.78 is 55.3. The molecule has 1 spiro atoms. The van der Waals surface area contributed by atoms with E-state index in [9.17, 15) is 18.0 Å². The molecule has 2 aliphatic heterocycles. The van der Waals surface area contributed by atoms with Gasteiger partial charge in [-0.25, -0.2) is 4.68 Å². The minimum absolute atomic E-state index is 0.0664. The molecule has 0 amide bonds. The third-order valence-electron chi connectivity index (χ3n) is 7.57. The number of esters is 1. The Bertz CT molecular complexity index is 1410. The van der Waals surface area contributed by atoms with E-state index in [1.807, 2.05) is 4.90 Å². The highest BCUT2D eigenvalue weighted by Crippen LogP contribution is 2.42. The number of carbonyl (C=O) groups excluding carboxylic acids is 1. The molecule has 220 valence electrons. The molecule has 2 aliphatic rings. The number of hydrogen-bond donors (Lipinski definition) is 2. The van der Waals surface area contributed by atoms with Crippen LogP contribution in [0.5, 0.6) is 5.88 Å². The Kier molecular flexibility index (Phi) is 8.02. The Morgan fingerprint density at radius 2 is 2.00 bits per heavy atom. The highest BCUT2D eigenvalue weighted by atomic mass is 35.5. The first-order chi connectivity index (χ1) is 19.5. The molecule has 1 unspecified atom stereocenters. The first-order valence-corrected chi connectivity index (χ1v) is 13.7. The number of piperidine rings is 1. The van der Waals surface area contributed by atoms with Crippen molar-refractivity contribution >= 4 is 29.3 Å². The Labute approximate surface area is 240 Å². The summed E-state index contributed by atoms with van der Waals surface area (Å²) in [5.41, 5.74) is 6.43. The number of nitrogen functional groups attached to an aromatic ring is 1. The third-order valence-corrected chi connectivity index (χ3v) is 7.80. The van der Waals surface area contributed by atoms with E-state index >= 15 is 0 Å². The van der Waals surface area contributed by atoms with Crippen LogP contribution in [0.25, 0.3) is 5.69 Å². The molecule has 0 radical (unpaired) electrons. The Balaban J connectivity index is 1.36. The van der Waals surface area contributed by atoms with Crippen molar-refractivity contribution in [2.24, 2.45) is 5.41 Å². The number of benzene rings is 1. The van der Waals surface area contributed by atoms with E-state index in [-0.39, 0.29) is 45.5 Å². The molecule has 0 bridgehead atoms. The lowest BCUT2D eigenvalue weighted by Crippen LogP contribution is -2.41. The molecule has 5 rings (SSSR count). The van der Waals surface area contributed by atoms with Crippen molar-refractivity contribution in [3.8, 4) is 11.6 Å². The second-order valence-electron chi connectivity index (χ2n) is 10.4. The predicted octanol–water partition coefficient (Wildman–Crippen LogP) is 4.40. The summed E-state index contributed by atoms with van der Waals surface area (Å²) in [6, 6.07) is 6.74. The molecule has 3 N–H and O–H groups in total. The molecular formula is C27H31ClF3N7O3. The van der Waals surface area contributed by atoms with Crippen molar-refractivity contribution < 1.29 is 27.4 Å². The number of rotatable bonds is 7. The number of halogens is 4. The number of aryl methyl sites for hydroxylation is 1. The van der Waals surface area contributed by atoms with Crippen LogP contribution in [-0.4, -0.2) is 64.2 Å². The normalized spacial score (nSPS) is 19.4. The van der Waals surface area contributed by atoms with Gasteiger partial charge in [-0.15, -0.1) is 0 Å². The maximum atomic E-state index is 14.4. The van der Waals surface area contributed by atoms with Crippen LogP contribution in [0.15, 0.2) is 36.5 Å². The highest BCUT2D eigenvalue weighted by Gasteiger charge is 2.46. The molecule has 0 aliphatic carbocycles. The van der Waals surface area contributed by atoms with Crippen molar-refractivity contribution in [2.75, 3.05) is 36.9 Å². The van der Waals surface area contributed by atoms with Crippen LogP contribution in [0.3, 0.4) is 0 Å². The van der Waals surface area contributed by atoms with Gasteiger partial charge < -0.3 is 25.4 Å². The average molecular weight is 594 g/mol. The minimum Gasteiger partial charge on any atom is -0.465 e. The predicted molar refractivity (Wildman–Crippen MR) is 146 cm³/mol. The number of aromatic nitrogens is 4. The number of nitrogens with one attached hydrogen (secondary N) is 1. The Hall–Kier alpha value is -3.58. The second-order valence-corrected chi connectivity index (χ2v) is 10.9. The van der Waals surface area contributed by atoms with Crippen LogP contribution < -0.4 is 20.7 Å². The van der Waals surface area contributed by atoms with Crippen LogP contribution in [0.1, 0.15) is 43.5 Å². The van der Waals surface area contributed by atoms with E-state index < -0.39 is 12.3 Å². The van der Waals surface area contributed by atoms with Crippen LogP contribution in [0, 0.1) is 12.3 Å². The summed E-state index contributed by atoms with van der Waals surface area (Å²) in [5, 5.41) is 7.77. The van der Waals surface area contributed by atoms with Gasteiger partial charge in [0.15, 0.2) is 0 Å². The lowest BCUT2D eigenvalue weighted by atomic mass is 9.76. The van der Waals surface area contributed by atoms with Gasteiger partial charge in [0, 0.05) is 42.5 Å². The van der Waals surface area contributed by atoms with Crippen molar-refractivity contribution in [2.45, 2.75) is 51.4 Å². The fraction of sp³-hybridized carbons (Fsp3) is 0.481. The van der Waals surface area contributed by atoms with E-state index in [4.69, 9.17) is 26.8 Å². The maximum absolute atomic E-state index is 14.4. The van der Waals surface area contributed by atoms with E-state index in [1.165, 1.54) is 28.9 Å². The highest BCUT2D eigenvalue weighted by molar-refractivity contribution is 6.30. The smallest absolute Gasteiger partial charge is 0.429 e. The first kappa shape index (κ1) is 28.9. The summed E-state index contributed by atoms with van der Waals surface area (Å²) >= 11 is 6.13. The quantitative estimate of drug-likeness (QED) is 0.384. The molecule has 0 saturated carbocycles. The molecule has 2 atom stereocenters. The maximum Gasteiger partial charge on any atom is 0.429 e. The van der Waals surface area contributed by atoms with Crippen LogP contribution in [0.2, 0.25) is 5.02 Å². The van der Waals surface area contributed by atoms with Crippen LogP contribution in [-0.2, 0) is 9.53 Å². The Morgan fingerprint density at radius 1 is 1.24 bits per heavy atom. The molecule has 4 heterocycles. The summed E-state index contributed by atoms with van der Waals surface area (Å²) in [7, 11) is 0. The molecule has 10 nitrogen and oxygen atoms in total. The van der Waals surface area contributed by atoms with E-state index in [1.54, 1.807) is 26.1 Å². The summed E-state index contributed by atoms with van der Waals surface area (Å²) in [6.07, 6.45) is -3.43. The monoisotopic (exact) mass is 593 g/mol. The van der Waals surface area contributed by atoms with Gasteiger partial charge in [-0.1, -0.05) is 17.7 Å². The fourth-order valence-corrected chi connectivity index (χ4v) is 5.65. The van der Waals surface area contributed by atoms with Gasteiger partial charge in [-0.05, 0) is 56.7 Å². The van der Waals surface area contributed by atoms with Gasteiger partial charge in [-0.2, -0.15) is 28.2 Å². The summed E-state index contributed by atoms with van der Waals surface area (Å²) in [4.78, 5) is 22.4. The number of alkyl halides is 3. The van der Waals surface area contributed by atoms with Gasteiger partial charge in [0.1, 0.15) is 11.9 Å². The zero-order valence-electron chi connectivity index (χ0n) is 22.6. The molecule has 2 fully saturated rings. The summed E-state index contributed by atoms with van der Waals surface area (Å²) in [6.45, 7) is 5.68. The van der Waals surface area contributed by atoms with Gasteiger partial charge in [0.05, 0.1) is 18.0 Å². The zero-order chi connectivity index (χ0) is 29.4. The van der Waals surface area contributed by atoms with Crippen LogP contribution >= 0.6 is 11.6 Å². The number of hydrogen-bond acceptors (Lipinski definition) is 9. The molecule has 2 aromatic heterocycles.